The highest BCUT2D eigenvalue weighted by Crippen LogP contribution is 2.31. The quantitative estimate of drug-likeness (QED) is 0.776. The zero-order valence-electron chi connectivity index (χ0n) is 11.2. The van der Waals surface area contributed by atoms with Crippen LogP contribution in [0.25, 0.3) is 22.8 Å². The molecule has 6 heteroatoms. The number of ether oxygens (including phenoxy) is 1. The second kappa shape index (κ2) is 5.24. The third-order valence-electron chi connectivity index (χ3n) is 3.06. The summed E-state index contributed by atoms with van der Waals surface area (Å²) in [4.78, 5) is 4.22. The SMILES string of the molecule is COc1ccc(-c2n[nH]c(-c3ccccc3F)n2)c(O)c1. The minimum absolute atomic E-state index is 0.00608. The molecule has 0 saturated carbocycles. The molecule has 3 rings (SSSR count). The average molecular weight is 285 g/mol. The Morgan fingerprint density at radius 3 is 2.67 bits per heavy atom. The third-order valence-corrected chi connectivity index (χ3v) is 3.06. The number of benzene rings is 2. The van der Waals surface area contributed by atoms with E-state index in [1.54, 1.807) is 30.3 Å². The number of aromatic hydroxyl groups is 1. The molecule has 1 heterocycles. The molecule has 2 N–H and O–H groups in total. The summed E-state index contributed by atoms with van der Waals surface area (Å²) in [5.41, 5.74) is 0.763. The number of phenolic OH excluding ortho intramolecular Hbond substituents is 1. The molecule has 106 valence electrons. The molecule has 0 aliphatic carbocycles. The first kappa shape index (κ1) is 13.1. The number of rotatable bonds is 3. The van der Waals surface area contributed by atoms with Gasteiger partial charge in [-0.05, 0) is 24.3 Å². The smallest absolute Gasteiger partial charge is 0.185 e. The Hall–Kier alpha value is -2.89. The maximum Gasteiger partial charge on any atom is 0.185 e. The van der Waals surface area contributed by atoms with E-state index in [1.165, 1.54) is 19.2 Å². The van der Waals surface area contributed by atoms with Gasteiger partial charge < -0.3 is 9.84 Å². The molecule has 21 heavy (non-hydrogen) atoms. The van der Waals surface area contributed by atoms with Crippen LogP contribution in [-0.4, -0.2) is 27.4 Å². The van der Waals surface area contributed by atoms with Crippen molar-refractivity contribution in [2.45, 2.75) is 0 Å². The second-order valence-electron chi connectivity index (χ2n) is 4.37. The summed E-state index contributed by atoms with van der Waals surface area (Å²) >= 11 is 0. The average Bonchev–Trinajstić information content (AvgIpc) is 2.97. The van der Waals surface area contributed by atoms with Crippen molar-refractivity contribution in [1.29, 1.82) is 0 Å². The van der Waals surface area contributed by atoms with Gasteiger partial charge in [-0.3, -0.25) is 5.10 Å². The van der Waals surface area contributed by atoms with Gasteiger partial charge in [0.2, 0.25) is 0 Å². The molecule has 0 aliphatic rings. The van der Waals surface area contributed by atoms with Crippen molar-refractivity contribution >= 4 is 0 Å². The van der Waals surface area contributed by atoms with Crippen molar-refractivity contribution in [3.05, 3.63) is 48.3 Å². The molecule has 5 nitrogen and oxygen atoms in total. The molecule has 0 fully saturated rings. The van der Waals surface area contributed by atoms with Crippen molar-refractivity contribution in [2.75, 3.05) is 7.11 Å². The number of nitrogens with zero attached hydrogens (tertiary/aromatic N) is 2. The summed E-state index contributed by atoms with van der Waals surface area (Å²) < 4.78 is 18.7. The van der Waals surface area contributed by atoms with Crippen LogP contribution in [0, 0.1) is 5.82 Å². The summed E-state index contributed by atoms with van der Waals surface area (Å²) in [5.74, 6) is 0.723. The summed E-state index contributed by atoms with van der Waals surface area (Å²) in [7, 11) is 1.51. The van der Waals surface area contributed by atoms with Gasteiger partial charge in [0.05, 0.1) is 18.2 Å². The fourth-order valence-corrected chi connectivity index (χ4v) is 1.98. The first-order valence-corrected chi connectivity index (χ1v) is 6.23. The Kier molecular flexibility index (Phi) is 3.27. The predicted molar refractivity (Wildman–Crippen MR) is 75.4 cm³/mol. The molecular formula is C15H12FN3O2. The molecule has 0 bridgehead atoms. The molecule has 2 aromatic carbocycles. The van der Waals surface area contributed by atoms with Gasteiger partial charge in [0.1, 0.15) is 17.3 Å². The zero-order valence-corrected chi connectivity index (χ0v) is 11.2. The highest BCUT2D eigenvalue weighted by molar-refractivity contribution is 5.67. The molecule has 1 aromatic heterocycles. The molecular weight excluding hydrogens is 273 g/mol. The van der Waals surface area contributed by atoms with E-state index in [4.69, 9.17) is 4.74 Å². The van der Waals surface area contributed by atoms with Crippen molar-refractivity contribution in [2.24, 2.45) is 0 Å². The summed E-state index contributed by atoms with van der Waals surface area (Å²) in [6, 6.07) is 11.1. The van der Waals surface area contributed by atoms with E-state index in [0.717, 1.165) is 0 Å². The molecule has 0 saturated heterocycles. The van der Waals surface area contributed by atoms with E-state index in [2.05, 4.69) is 15.2 Å². The number of halogens is 1. The Bertz CT molecular complexity index is 786. The van der Waals surface area contributed by atoms with Crippen LogP contribution < -0.4 is 4.74 Å². The lowest BCUT2D eigenvalue weighted by Crippen LogP contribution is -1.87. The van der Waals surface area contributed by atoms with Crippen LogP contribution in [0.4, 0.5) is 4.39 Å². The number of hydrogen-bond acceptors (Lipinski definition) is 4. The van der Waals surface area contributed by atoms with E-state index in [1.807, 2.05) is 0 Å². The minimum Gasteiger partial charge on any atom is -0.507 e. The Morgan fingerprint density at radius 1 is 1.14 bits per heavy atom. The van der Waals surface area contributed by atoms with Crippen LogP contribution >= 0.6 is 0 Å². The summed E-state index contributed by atoms with van der Waals surface area (Å²) in [6.45, 7) is 0. The van der Waals surface area contributed by atoms with Crippen molar-refractivity contribution < 1.29 is 14.2 Å². The van der Waals surface area contributed by atoms with Gasteiger partial charge in [0.15, 0.2) is 11.6 Å². The number of hydrogen-bond donors (Lipinski definition) is 2. The molecule has 3 aromatic rings. The molecule has 0 atom stereocenters. The van der Waals surface area contributed by atoms with Gasteiger partial charge in [0.25, 0.3) is 0 Å². The Morgan fingerprint density at radius 2 is 1.95 bits per heavy atom. The molecule has 0 unspecified atom stereocenters. The number of nitrogens with one attached hydrogen (secondary N) is 1. The molecule has 0 aliphatic heterocycles. The summed E-state index contributed by atoms with van der Waals surface area (Å²) in [5, 5.41) is 16.7. The van der Waals surface area contributed by atoms with Gasteiger partial charge in [-0.2, -0.15) is 5.10 Å². The van der Waals surface area contributed by atoms with E-state index >= 15 is 0 Å². The number of H-pyrrole nitrogens is 1. The normalized spacial score (nSPS) is 10.6. The fraction of sp³-hybridized carbons (Fsp3) is 0.0667. The molecule has 0 spiro atoms. The monoisotopic (exact) mass is 285 g/mol. The standard InChI is InChI=1S/C15H12FN3O2/c1-21-9-6-7-11(13(20)8-9)15-17-14(18-19-15)10-4-2-3-5-12(10)16/h2-8,20H,1H3,(H,17,18,19). The van der Waals surface area contributed by atoms with Crippen molar-refractivity contribution in [1.82, 2.24) is 15.2 Å². The van der Waals surface area contributed by atoms with Crippen molar-refractivity contribution in [3.63, 3.8) is 0 Å². The highest BCUT2D eigenvalue weighted by Gasteiger charge is 2.14. The first-order valence-electron chi connectivity index (χ1n) is 6.23. The fourth-order valence-electron chi connectivity index (χ4n) is 1.98. The maximum absolute atomic E-state index is 13.7. The highest BCUT2D eigenvalue weighted by atomic mass is 19.1. The maximum atomic E-state index is 13.7. The largest absolute Gasteiger partial charge is 0.507 e. The Balaban J connectivity index is 2.01. The van der Waals surface area contributed by atoms with E-state index in [-0.39, 0.29) is 17.4 Å². The zero-order chi connectivity index (χ0) is 14.8. The topological polar surface area (TPSA) is 71.0 Å². The third kappa shape index (κ3) is 2.43. The van der Waals surface area contributed by atoms with Crippen molar-refractivity contribution in [3.8, 4) is 34.3 Å². The number of phenols is 1. The minimum atomic E-state index is -0.390. The van der Waals surface area contributed by atoms with Gasteiger partial charge >= 0.3 is 0 Å². The van der Waals surface area contributed by atoms with Gasteiger partial charge in [-0.1, -0.05) is 12.1 Å². The van der Waals surface area contributed by atoms with Gasteiger partial charge in [-0.15, -0.1) is 0 Å². The molecule has 0 radical (unpaired) electrons. The van der Waals surface area contributed by atoms with Crippen LogP contribution in [0.1, 0.15) is 0 Å². The van der Waals surface area contributed by atoms with E-state index in [0.29, 0.717) is 22.7 Å². The first-order chi connectivity index (χ1) is 10.2. The molecule has 0 amide bonds. The van der Waals surface area contributed by atoms with E-state index < -0.39 is 0 Å². The summed E-state index contributed by atoms with van der Waals surface area (Å²) in [6.07, 6.45) is 0. The van der Waals surface area contributed by atoms with Gasteiger partial charge in [-0.25, -0.2) is 9.37 Å². The van der Waals surface area contributed by atoms with Crippen LogP contribution in [0.5, 0.6) is 11.5 Å². The van der Waals surface area contributed by atoms with Crippen LogP contribution in [0.15, 0.2) is 42.5 Å². The van der Waals surface area contributed by atoms with Crippen LogP contribution in [0.3, 0.4) is 0 Å². The second-order valence-corrected chi connectivity index (χ2v) is 4.37. The van der Waals surface area contributed by atoms with Crippen LogP contribution in [0.2, 0.25) is 0 Å². The lowest BCUT2D eigenvalue weighted by molar-refractivity contribution is 0.408. The number of aromatic nitrogens is 3. The van der Waals surface area contributed by atoms with E-state index in [9.17, 15) is 9.50 Å². The number of aromatic amines is 1. The lowest BCUT2D eigenvalue weighted by Gasteiger charge is -2.03. The van der Waals surface area contributed by atoms with Crippen LogP contribution in [-0.2, 0) is 0 Å². The number of methoxy groups -OCH3 is 1. The van der Waals surface area contributed by atoms with Gasteiger partial charge in [0, 0.05) is 6.07 Å². The Labute approximate surface area is 120 Å². The lowest BCUT2D eigenvalue weighted by atomic mass is 10.1. The predicted octanol–water partition coefficient (Wildman–Crippen LogP) is 2.99.